The molecule has 0 radical (unpaired) electrons. The zero-order valence-corrected chi connectivity index (χ0v) is 36.5. The largest absolute Gasteiger partial charge is 0.472 e. The zero-order chi connectivity index (χ0) is 40.7. The van der Waals surface area contributed by atoms with Crippen molar-refractivity contribution in [3.05, 3.63) is 85.1 Å². The van der Waals surface area contributed by atoms with Crippen molar-refractivity contribution >= 4 is 13.7 Å². The minimum absolute atomic E-state index is 0.0354. The van der Waals surface area contributed by atoms with Gasteiger partial charge in [-0.1, -0.05) is 170 Å². The predicted octanol–water partition coefficient (Wildman–Crippen LogP) is 11.8. The van der Waals surface area contributed by atoms with E-state index >= 15 is 0 Å². The van der Waals surface area contributed by atoms with Gasteiger partial charge in [-0.2, -0.15) is 0 Å². The molecule has 0 aromatic carbocycles. The fraction of sp³-hybridized carbons (Fsp3) is 0.674. The minimum Gasteiger partial charge on any atom is -0.387 e. The van der Waals surface area contributed by atoms with E-state index in [1.165, 1.54) is 77.0 Å². The van der Waals surface area contributed by atoms with Crippen LogP contribution in [-0.4, -0.2) is 73.4 Å². The van der Waals surface area contributed by atoms with Crippen LogP contribution >= 0.6 is 7.82 Å². The predicted molar refractivity (Wildman–Crippen MR) is 235 cm³/mol. The Hall–Kier alpha value is -2.32. The lowest BCUT2D eigenvalue weighted by Gasteiger charge is -2.25. The summed E-state index contributed by atoms with van der Waals surface area (Å²) in [6.45, 7) is 4.58. The van der Waals surface area contributed by atoms with E-state index in [0.717, 1.165) is 44.9 Å². The monoisotopic (exact) mass is 790 g/mol. The standard InChI is InChI=1S/C46H81N2O6P/c1-6-8-10-12-14-16-18-20-22-23-24-26-27-29-31-33-35-37-39-45(49)44(43-54-55(51,52)53-42-41-48(3,4)5)47-46(50)40-38-36-34-32-30-28-25-21-19-17-15-13-11-9-7-2/h9,11,15,17,21,25,29-32,36-39,44-45,49H,6-8,10,12-14,16,18-20,22-24,26-28,33-35,40-43H2,1-5H3,(H-,47,50,51,52)/p+1/b11-9-,17-15-,25-21-,31-29+,32-30-,38-36-,39-37+. The molecule has 316 valence electrons. The minimum atomic E-state index is -4.37. The number of rotatable bonds is 37. The molecule has 0 aliphatic heterocycles. The molecule has 3 atom stereocenters. The van der Waals surface area contributed by atoms with Gasteiger partial charge in [-0.05, 0) is 57.8 Å². The summed E-state index contributed by atoms with van der Waals surface area (Å²) in [5.74, 6) is -0.318. The van der Waals surface area contributed by atoms with Crippen molar-refractivity contribution in [2.24, 2.45) is 0 Å². The second kappa shape index (κ2) is 37.3. The number of unbranched alkanes of at least 4 members (excludes halogenated alkanes) is 13. The smallest absolute Gasteiger partial charge is 0.387 e. The van der Waals surface area contributed by atoms with E-state index < -0.39 is 20.0 Å². The molecule has 0 aromatic heterocycles. The number of allylic oxidation sites excluding steroid dienone is 12. The Morgan fingerprint density at radius 2 is 1.11 bits per heavy atom. The molecule has 0 bridgehead atoms. The molecule has 0 fully saturated rings. The van der Waals surface area contributed by atoms with Crippen LogP contribution in [0.15, 0.2) is 85.1 Å². The summed E-state index contributed by atoms with van der Waals surface area (Å²) in [5, 5.41) is 13.7. The molecule has 0 saturated carbocycles. The van der Waals surface area contributed by atoms with Crippen LogP contribution in [0.5, 0.6) is 0 Å². The van der Waals surface area contributed by atoms with Gasteiger partial charge < -0.3 is 19.8 Å². The molecule has 0 spiro atoms. The van der Waals surface area contributed by atoms with Gasteiger partial charge in [0.25, 0.3) is 0 Å². The van der Waals surface area contributed by atoms with Crippen molar-refractivity contribution in [1.29, 1.82) is 0 Å². The van der Waals surface area contributed by atoms with E-state index in [0.29, 0.717) is 17.4 Å². The molecule has 9 heteroatoms. The molecule has 0 aromatic rings. The quantitative estimate of drug-likeness (QED) is 0.0251. The molecule has 3 unspecified atom stereocenters. The van der Waals surface area contributed by atoms with Gasteiger partial charge in [0.1, 0.15) is 13.2 Å². The van der Waals surface area contributed by atoms with Crippen LogP contribution in [0.4, 0.5) is 0 Å². The summed E-state index contributed by atoms with van der Waals surface area (Å²) in [4.78, 5) is 23.0. The number of carbonyl (C=O) groups excluding carboxylic acids is 1. The van der Waals surface area contributed by atoms with Gasteiger partial charge in [-0.15, -0.1) is 0 Å². The summed E-state index contributed by atoms with van der Waals surface area (Å²) in [7, 11) is 1.48. The van der Waals surface area contributed by atoms with Gasteiger partial charge in [-0.25, -0.2) is 4.57 Å². The van der Waals surface area contributed by atoms with E-state index in [1.54, 1.807) is 12.2 Å². The number of hydrogen-bond acceptors (Lipinski definition) is 5. The average molecular weight is 790 g/mol. The first-order valence-corrected chi connectivity index (χ1v) is 23.0. The number of aliphatic hydroxyl groups is 1. The fourth-order valence-electron chi connectivity index (χ4n) is 5.48. The van der Waals surface area contributed by atoms with E-state index in [-0.39, 0.29) is 25.5 Å². The third-order valence-electron chi connectivity index (χ3n) is 8.88. The van der Waals surface area contributed by atoms with Crippen LogP contribution < -0.4 is 5.32 Å². The highest BCUT2D eigenvalue weighted by atomic mass is 31.2. The van der Waals surface area contributed by atoms with Crippen molar-refractivity contribution in [2.45, 2.75) is 161 Å². The summed E-state index contributed by atoms with van der Waals surface area (Å²) in [6.07, 6.45) is 51.2. The number of nitrogens with zero attached hydrogens (tertiary/aromatic N) is 1. The summed E-state index contributed by atoms with van der Waals surface area (Å²) >= 11 is 0. The van der Waals surface area contributed by atoms with Crippen molar-refractivity contribution in [3.8, 4) is 0 Å². The number of amides is 1. The van der Waals surface area contributed by atoms with Gasteiger partial charge in [-0.3, -0.25) is 13.8 Å². The molecule has 0 heterocycles. The number of likely N-dealkylation sites (N-methyl/N-ethyl adjacent to an activating group) is 1. The Morgan fingerprint density at radius 3 is 1.64 bits per heavy atom. The first kappa shape index (κ1) is 52.7. The molecule has 1 amide bonds. The first-order valence-electron chi connectivity index (χ1n) is 21.5. The SMILES string of the molecule is CC/C=C\C/C=C\C/C=C\C/C=C\C/C=C\CC(=O)NC(COP(=O)(O)OCC[N+](C)(C)C)C(O)/C=C/CC/C=C/CCCCCCCCCCCCCC. The highest BCUT2D eigenvalue weighted by molar-refractivity contribution is 7.47. The Labute approximate surface area is 337 Å². The van der Waals surface area contributed by atoms with Crippen LogP contribution in [0.1, 0.15) is 149 Å². The molecular formula is C46H82N2O6P+. The normalized spacial score (nSPS) is 15.3. The molecular weight excluding hydrogens is 707 g/mol. The van der Waals surface area contributed by atoms with E-state index in [1.807, 2.05) is 33.3 Å². The number of phosphoric ester groups is 1. The number of carbonyl (C=O) groups is 1. The second-order valence-electron chi connectivity index (χ2n) is 15.3. The van der Waals surface area contributed by atoms with Crippen LogP contribution in [0.25, 0.3) is 0 Å². The Morgan fingerprint density at radius 1 is 0.636 bits per heavy atom. The fourth-order valence-corrected chi connectivity index (χ4v) is 6.21. The van der Waals surface area contributed by atoms with Gasteiger partial charge >= 0.3 is 7.82 Å². The van der Waals surface area contributed by atoms with E-state index in [9.17, 15) is 19.4 Å². The van der Waals surface area contributed by atoms with Gasteiger partial charge in [0.2, 0.25) is 5.91 Å². The number of nitrogens with one attached hydrogen (secondary N) is 1. The topological polar surface area (TPSA) is 105 Å². The maximum Gasteiger partial charge on any atom is 0.472 e. The van der Waals surface area contributed by atoms with Crippen molar-refractivity contribution in [2.75, 3.05) is 40.9 Å². The summed E-state index contributed by atoms with van der Waals surface area (Å²) < 4.78 is 23.4. The number of hydrogen-bond donors (Lipinski definition) is 3. The Balaban J connectivity index is 4.65. The van der Waals surface area contributed by atoms with Gasteiger partial charge in [0.05, 0.1) is 39.9 Å². The maximum absolute atomic E-state index is 12.8. The van der Waals surface area contributed by atoms with Crippen LogP contribution in [0.3, 0.4) is 0 Å². The number of phosphoric acid groups is 1. The van der Waals surface area contributed by atoms with Crippen LogP contribution in [0, 0.1) is 0 Å². The number of aliphatic hydroxyl groups excluding tert-OH is 1. The lowest BCUT2D eigenvalue weighted by atomic mass is 10.0. The molecule has 0 rings (SSSR count). The van der Waals surface area contributed by atoms with E-state index in [2.05, 4.69) is 79.9 Å². The van der Waals surface area contributed by atoms with Gasteiger partial charge in [0, 0.05) is 6.42 Å². The van der Waals surface area contributed by atoms with Crippen molar-refractivity contribution < 1.29 is 32.9 Å². The average Bonchev–Trinajstić information content (AvgIpc) is 3.13. The Bertz CT molecular complexity index is 1170. The number of quaternary nitrogens is 1. The second-order valence-corrected chi connectivity index (χ2v) is 16.8. The first-order chi connectivity index (χ1) is 26.5. The molecule has 55 heavy (non-hydrogen) atoms. The summed E-state index contributed by atoms with van der Waals surface area (Å²) in [5.41, 5.74) is 0. The van der Waals surface area contributed by atoms with E-state index in [4.69, 9.17) is 9.05 Å². The van der Waals surface area contributed by atoms with Gasteiger partial charge in [0.15, 0.2) is 0 Å². The molecule has 0 saturated heterocycles. The lowest BCUT2D eigenvalue weighted by molar-refractivity contribution is -0.870. The maximum atomic E-state index is 12.8. The third-order valence-corrected chi connectivity index (χ3v) is 9.86. The molecule has 0 aliphatic carbocycles. The summed E-state index contributed by atoms with van der Waals surface area (Å²) in [6, 6.07) is -0.921. The molecule has 0 aliphatic rings. The highest BCUT2D eigenvalue weighted by Crippen LogP contribution is 2.43. The van der Waals surface area contributed by atoms with Crippen molar-refractivity contribution in [1.82, 2.24) is 5.32 Å². The van der Waals surface area contributed by atoms with Crippen LogP contribution in [0.2, 0.25) is 0 Å². The van der Waals surface area contributed by atoms with Crippen molar-refractivity contribution in [3.63, 3.8) is 0 Å². The zero-order valence-electron chi connectivity index (χ0n) is 35.6. The van der Waals surface area contributed by atoms with Crippen LogP contribution in [-0.2, 0) is 18.4 Å². The third kappa shape index (κ3) is 39.7. The lowest BCUT2D eigenvalue weighted by Crippen LogP contribution is -2.45. The Kier molecular flexibility index (Phi) is 35.7. The highest BCUT2D eigenvalue weighted by Gasteiger charge is 2.27. The molecule has 3 N–H and O–H groups in total. The molecule has 8 nitrogen and oxygen atoms in total.